The minimum Gasteiger partial charge on any atom is -0.377 e. The van der Waals surface area contributed by atoms with Crippen LogP contribution in [0.4, 0.5) is 8.78 Å². The lowest BCUT2D eigenvalue weighted by atomic mass is 9.71. The molecule has 1 N–H and O–H groups in total. The summed E-state index contributed by atoms with van der Waals surface area (Å²) in [5.41, 5.74) is 3.81. The van der Waals surface area contributed by atoms with Gasteiger partial charge in [-0.1, -0.05) is 42.5 Å². The molecular formula is C26H27F2NO. The van der Waals surface area contributed by atoms with Gasteiger partial charge in [-0.25, -0.2) is 8.78 Å². The molecule has 4 heteroatoms. The molecule has 3 aromatic carbocycles. The second kappa shape index (κ2) is 9.50. The summed E-state index contributed by atoms with van der Waals surface area (Å²) in [4.78, 5) is 0. The first-order valence-corrected chi connectivity index (χ1v) is 10.5. The molecule has 3 aromatic rings. The van der Waals surface area contributed by atoms with Crippen LogP contribution in [0.1, 0.15) is 30.4 Å². The quantitative estimate of drug-likeness (QED) is 0.495. The highest BCUT2D eigenvalue weighted by Crippen LogP contribution is 2.36. The van der Waals surface area contributed by atoms with Crippen molar-refractivity contribution in [2.24, 2.45) is 0 Å². The summed E-state index contributed by atoms with van der Waals surface area (Å²) in [6.07, 6.45) is 3.13. The molecule has 4 rings (SSSR count). The SMILES string of the molecule is Fc1ccc(-c2cc(F)cc(COCCC3(c4ccccc4)CCNCC3)c2)cc1. The van der Waals surface area contributed by atoms with Crippen LogP contribution >= 0.6 is 0 Å². The maximum absolute atomic E-state index is 14.1. The van der Waals surface area contributed by atoms with Crippen LogP contribution in [0, 0.1) is 11.6 Å². The van der Waals surface area contributed by atoms with Crippen molar-refractivity contribution in [2.75, 3.05) is 19.7 Å². The van der Waals surface area contributed by atoms with Crippen molar-refractivity contribution in [1.82, 2.24) is 5.32 Å². The van der Waals surface area contributed by atoms with Gasteiger partial charge in [0, 0.05) is 6.61 Å². The molecule has 1 aliphatic heterocycles. The fourth-order valence-electron chi connectivity index (χ4n) is 4.38. The first-order valence-electron chi connectivity index (χ1n) is 10.5. The number of rotatable bonds is 7. The lowest BCUT2D eigenvalue weighted by molar-refractivity contribution is 0.0934. The normalized spacial score (nSPS) is 15.8. The van der Waals surface area contributed by atoms with Gasteiger partial charge in [0.05, 0.1) is 6.61 Å². The summed E-state index contributed by atoms with van der Waals surface area (Å²) in [7, 11) is 0. The van der Waals surface area contributed by atoms with E-state index in [4.69, 9.17) is 4.74 Å². The third-order valence-corrected chi connectivity index (χ3v) is 6.08. The van der Waals surface area contributed by atoms with Gasteiger partial charge >= 0.3 is 0 Å². The summed E-state index contributed by atoms with van der Waals surface area (Å²) in [5, 5.41) is 3.45. The van der Waals surface area contributed by atoms with E-state index in [0.29, 0.717) is 13.2 Å². The van der Waals surface area contributed by atoms with Crippen LogP contribution in [0.3, 0.4) is 0 Å². The number of nitrogens with one attached hydrogen (secondary N) is 1. The molecule has 1 saturated heterocycles. The predicted molar refractivity (Wildman–Crippen MR) is 116 cm³/mol. The Morgan fingerprint density at radius 3 is 2.27 bits per heavy atom. The second-order valence-electron chi connectivity index (χ2n) is 8.05. The van der Waals surface area contributed by atoms with Gasteiger partial charge in [-0.15, -0.1) is 0 Å². The molecule has 0 unspecified atom stereocenters. The van der Waals surface area contributed by atoms with E-state index in [1.54, 1.807) is 12.1 Å². The molecule has 0 atom stereocenters. The molecule has 0 radical (unpaired) electrons. The molecule has 0 aliphatic carbocycles. The number of hydrogen-bond acceptors (Lipinski definition) is 2. The van der Waals surface area contributed by atoms with Gasteiger partial charge in [0.15, 0.2) is 0 Å². The summed E-state index contributed by atoms with van der Waals surface area (Å²) in [5.74, 6) is -0.612. The number of ether oxygens (including phenoxy) is 1. The maximum Gasteiger partial charge on any atom is 0.124 e. The lowest BCUT2D eigenvalue weighted by Crippen LogP contribution is -2.40. The molecule has 2 nitrogen and oxygen atoms in total. The highest BCUT2D eigenvalue weighted by atomic mass is 19.1. The fraction of sp³-hybridized carbons (Fsp3) is 0.308. The van der Waals surface area contributed by atoms with Crippen molar-refractivity contribution in [1.29, 1.82) is 0 Å². The Hall–Kier alpha value is -2.56. The van der Waals surface area contributed by atoms with Crippen molar-refractivity contribution in [3.8, 4) is 11.1 Å². The van der Waals surface area contributed by atoms with Crippen LogP contribution in [0.2, 0.25) is 0 Å². The molecule has 1 aliphatic rings. The Balaban J connectivity index is 1.40. The van der Waals surface area contributed by atoms with Gasteiger partial charge in [-0.2, -0.15) is 0 Å². The molecule has 0 saturated carbocycles. The first kappa shape index (κ1) is 20.7. The van der Waals surface area contributed by atoms with Crippen LogP contribution in [0.15, 0.2) is 72.8 Å². The molecule has 30 heavy (non-hydrogen) atoms. The van der Waals surface area contributed by atoms with Crippen LogP contribution in [-0.2, 0) is 16.8 Å². The van der Waals surface area contributed by atoms with Crippen molar-refractivity contribution in [3.63, 3.8) is 0 Å². The van der Waals surface area contributed by atoms with E-state index in [2.05, 4.69) is 35.6 Å². The fourth-order valence-corrected chi connectivity index (χ4v) is 4.38. The zero-order chi connectivity index (χ0) is 20.8. The zero-order valence-electron chi connectivity index (χ0n) is 17.0. The topological polar surface area (TPSA) is 21.3 Å². The van der Waals surface area contributed by atoms with Crippen LogP contribution in [-0.4, -0.2) is 19.7 Å². The van der Waals surface area contributed by atoms with Gasteiger partial charge in [-0.3, -0.25) is 0 Å². The van der Waals surface area contributed by atoms with Crippen molar-refractivity contribution in [2.45, 2.75) is 31.3 Å². The molecule has 0 amide bonds. The second-order valence-corrected chi connectivity index (χ2v) is 8.05. The molecule has 0 spiro atoms. The van der Waals surface area contributed by atoms with E-state index in [9.17, 15) is 8.78 Å². The number of benzene rings is 3. The molecule has 0 bridgehead atoms. The third-order valence-electron chi connectivity index (χ3n) is 6.08. The number of hydrogen-bond donors (Lipinski definition) is 1. The lowest BCUT2D eigenvalue weighted by Gasteiger charge is -2.38. The first-order chi connectivity index (χ1) is 14.6. The van der Waals surface area contributed by atoms with Crippen LogP contribution in [0.5, 0.6) is 0 Å². The maximum atomic E-state index is 14.1. The Kier molecular flexibility index (Phi) is 6.56. The Bertz CT molecular complexity index is 951. The van der Waals surface area contributed by atoms with E-state index >= 15 is 0 Å². The average molecular weight is 408 g/mol. The average Bonchev–Trinajstić information content (AvgIpc) is 2.78. The van der Waals surface area contributed by atoms with Gasteiger partial charge in [0.1, 0.15) is 11.6 Å². The monoisotopic (exact) mass is 407 g/mol. The standard InChI is InChI=1S/C26H27F2NO/c27-24-8-6-21(7-9-24)22-16-20(17-25(28)18-22)19-30-15-12-26(10-13-29-14-11-26)23-4-2-1-3-5-23/h1-9,16-18,29H,10-15,19H2. The minimum absolute atomic E-state index is 0.133. The van der Waals surface area contributed by atoms with Gasteiger partial charge in [0.2, 0.25) is 0 Å². The molecule has 1 fully saturated rings. The van der Waals surface area contributed by atoms with E-state index in [0.717, 1.165) is 49.0 Å². The smallest absolute Gasteiger partial charge is 0.124 e. The Morgan fingerprint density at radius 1 is 0.800 bits per heavy atom. The van der Waals surface area contributed by atoms with Gasteiger partial charge < -0.3 is 10.1 Å². The van der Waals surface area contributed by atoms with E-state index in [1.165, 1.54) is 29.8 Å². The highest BCUT2D eigenvalue weighted by molar-refractivity contribution is 5.64. The Morgan fingerprint density at radius 2 is 1.53 bits per heavy atom. The minimum atomic E-state index is -0.311. The summed E-state index contributed by atoms with van der Waals surface area (Å²) >= 11 is 0. The van der Waals surface area contributed by atoms with Crippen molar-refractivity contribution < 1.29 is 13.5 Å². The molecule has 1 heterocycles. The molecule has 0 aromatic heterocycles. The van der Waals surface area contributed by atoms with Gasteiger partial charge in [-0.05, 0) is 90.4 Å². The van der Waals surface area contributed by atoms with E-state index in [-0.39, 0.29) is 17.0 Å². The summed E-state index contributed by atoms with van der Waals surface area (Å²) < 4.78 is 33.3. The number of halogens is 2. The van der Waals surface area contributed by atoms with E-state index < -0.39 is 0 Å². The zero-order valence-corrected chi connectivity index (χ0v) is 17.0. The van der Waals surface area contributed by atoms with Crippen LogP contribution < -0.4 is 5.32 Å². The largest absolute Gasteiger partial charge is 0.377 e. The van der Waals surface area contributed by atoms with Crippen LogP contribution in [0.25, 0.3) is 11.1 Å². The number of piperidine rings is 1. The third kappa shape index (κ3) is 4.94. The molecular weight excluding hydrogens is 380 g/mol. The summed E-state index contributed by atoms with van der Waals surface area (Å²) in [6, 6.07) is 21.7. The predicted octanol–water partition coefficient (Wildman–Crippen LogP) is 5.86. The van der Waals surface area contributed by atoms with Crippen molar-refractivity contribution in [3.05, 3.63) is 95.6 Å². The highest BCUT2D eigenvalue weighted by Gasteiger charge is 2.33. The summed E-state index contributed by atoms with van der Waals surface area (Å²) in [6.45, 7) is 3.01. The molecule has 156 valence electrons. The van der Waals surface area contributed by atoms with Gasteiger partial charge in [0.25, 0.3) is 0 Å². The van der Waals surface area contributed by atoms with E-state index in [1.807, 2.05) is 6.07 Å². The van der Waals surface area contributed by atoms with Crippen molar-refractivity contribution >= 4 is 0 Å². The Labute approximate surface area is 176 Å².